The molecule has 134 valence electrons. The van der Waals surface area contributed by atoms with E-state index in [1.165, 1.54) is 23.9 Å². The molecule has 2 aromatic rings. The van der Waals surface area contributed by atoms with Crippen LogP contribution in [0, 0.1) is 11.6 Å². The first kappa shape index (κ1) is 17.9. The highest BCUT2D eigenvalue weighted by atomic mass is 32.2. The average Bonchev–Trinajstić information content (AvgIpc) is 3.09. The summed E-state index contributed by atoms with van der Waals surface area (Å²) in [5.74, 6) is 0.530. The van der Waals surface area contributed by atoms with Crippen molar-refractivity contribution in [3.8, 4) is 5.69 Å². The zero-order valence-electron chi connectivity index (χ0n) is 13.5. The molecule has 0 bridgehead atoms. The van der Waals surface area contributed by atoms with E-state index >= 15 is 0 Å². The summed E-state index contributed by atoms with van der Waals surface area (Å²) in [4.78, 5) is 1.74. The molecular formula is C15H17F2N5OS2. The van der Waals surface area contributed by atoms with Crippen molar-refractivity contribution in [3.63, 3.8) is 0 Å². The van der Waals surface area contributed by atoms with Gasteiger partial charge in [0.15, 0.2) is 11.6 Å². The van der Waals surface area contributed by atoms with Gasteiger partial charge in [-0.15, -0.1) is 5.10 Å². The fraction of sp³-hybridized carbons (Fsp3) is 0.400. The standard InChI is InChI=1S/C15H17F2N5OS2/c1-23-15(24)18-8-10-9-22(20-19-10)11-6-12(16)14(13(17)7-11)21-2-4-25-5-3-21/h6-7,9H,2-5,8H2,1H3,(H,18,24). The third-order valence-corrected chi connectivity index (χ3v) is 4.99. The number of ether oxygens (including phenoxy) is 1. The van der Waals surface area contributed by atoms with E-state index in [0.717, 1.165) is 11.5 Å². The van der Waals surface area contributed by atoms with E-state index in [1.54, 1.807) is 22.9 Å². The highest BCUT2D eigenvalue weighted by molar-refractivity contribution is 7.99. The molecule has 1 aliphatic rings. The van der Waals surface area contributed by atoms with Crippen molar-refractivity contribution in [2.75, 3.05) is 36.6 Å². The Morgan fingerprint density at radius 3 is 2.64 bits per heavy atom. The molecule has 3 rings (SSSR count). The molecule has 2 heterocycles. The quantitative estimate of drug-likeness (QED) is 0.809. The highest BCUT2D eigenvalue weighted by Gasteiger charge is 2.21. The van der Waals surface area contributed by atoms with Crippen molar-refractivity contribution in [2.45, 2.75) is 6.54 Å². The Kier molecular flexibility index (Phi) is 5.69. The molecule has 10 heteroatoms. The van der Waals surface area contributed by atoms with Crippen LogP contribution in [0.1, 0.15) is 5.69 Å². The maximum absolute atomic E-state index is 14.5. The SMILES string of the molecule is COC(=S)NCc1cn(-c2cc(F)c(N3CCSCC3)c(F)c2)nn1. The Morgan fingerprint density at radius 1 is 1.32 bits per heavy atom. The summed E-state index contributed by atoms with van der Waals surface area (Å²) in [5, 5.41) is 10.9. The number of thioether (sulfide) groups is 1. The van der Waals surface area contributed by atoms with Crippen LogP contribution in [0.4, 0.5) is 14.5 Å². The van der Waals surface area contributed by atoms with E-state index in [9.17, 15) is 8.78 Å². The monoisotopic (exact) mass is 385 g/mol. The Hall–Kier alpha value is -1.94. The van der Waals surface area contributed by atoms with Gasteiger partial charge in [0.2, 0.25) is 0 Å². The van der Waals surface area contributed by atoms with Gasteiger partial charge in [-0.1, -0.05) is 5.21 Å². The van der Waals surface area contributed by atoms with Gasteiger partial charge >= 0.3 is 0 Å². The Morgan fingerprint density at radius 2 is 2.00 bits per heavy atom. The molecule has 0 radical (unpaired) electrons. The summed E-state index contributed by atoms with van der Waals surface area (Å²) in [7, 11) is 1.46. The van der Waals surface area contributed by atoms with Gasteiger partial charge in [-0.05, 0) is 12.2 Å². The minimum atomic E-state index is -0.599. The molecule has 1 aliphatic heterocycles. The molecule has 0 atom stereocenters. The van der Waals surface area contributed by atoms with E-state index in [2.05, 4.69) is 15.6 Å². The first-order valence-electron chi connectivity index (χ1n) is 7.63. The maximum atomic E-state index is 14.5. The van der Waals surface area contributed by atoms with Gasteiger partial charge in [0.1, 0.15) is 11.4 Å². The van der Waals surface area contributed by atoms with Crippen molar-refractivity contribution < 1.29 is 13.5 Å². The fourth-order valence-corrected chi connectivity index (χ4v) is 3.49. The Labute approximate surface area is 153 Å². The van der Waals surface area contributed by atoms with Gasteiger partial charge in [-0.25, -0.2) is 13.5 Å². The lowest BCUT2D eigenvalue weighted by molar-refractivity contribution is 0.392. The third-order valence-electron chi connectivity index (χ3n) is 3.73. The minimum absolute atomic E-state index is 0.0245. The third kappa shape index (κ3) is 4.18. The molecule has 1 aromatic carbocycles. The van der Waals surface area contributed by atoms with Gasteiger partial charge in [0, 0.05) is 36.7 Å². The molecule has 1 saturated heterocycles. The summed E-state index contributed by atoms with van der Waals surface area (Å²) >= 11 is 6.65. The second-order valence-electron chi connectivity index (χ2n) is 5.36. The van der Waals surface area contributed by atoms with Crippen molar-refractivity contribution in [1.29, 1.82) is 0 Å². The number of aromatic nitrogens is 3. The smallest absolute Gasteiger partial charge is 0.256 e. The molecule has 0 aliphatic carbocycles. The number of thiocarbonyl (C=S) groups is 1. The number of anilines is 1. The lowest BCUT2D eigenvalue weighted by atomic mass is 10.2. The van der Waals surface area contributed by atoms with Crippen molar-refractivity contribution in [1.82, 2.24) is 20.3 Å². The predicted molar refractivity (Wildman–Crippen MR) is 97.3 cm³/mol. The largest absolute Gasteiger partial charge is 0.474 e. The maximum Gasteiger partial charge on any atom is 0.256 e. The van der Waals surface area contributed by atoms with Gasteiger partial charge in [0.25, 0.3) is 5.17 Å². The number of hydrogen-bond donors (Lipinski definition) is 1. The van der Waals surface area contributed by atoms with Crippen LogP contribution in [0.5, 0.6) is 0 Å². The van der Waals surface area contributed by atoms with E-state index in [-0.39, 0.29) is 16.5 Å². The Balaban J connectivity index is 1.79. The van der Waals surface area contributed by atoms with Crippen LogP contribution in [-0.4, -0.2) is 51.9 Å². The number of rotatable bonds is 4. The second kappa shape index (κ2) is 7.96. The number of nitrogens with one attached hydrogen (secondary N) is 1. The van der Waals surface area contributed by atoms with Crippen LogP contribution in [0.3, 0.4) is 0 Å². The van der Waals surface area contributed by atoms with Crippen molar-refractivity contribution >= 4 is 34.8 Å². The lowest BCUT2D eigenvalue weighted by Crippen LogP contribution is -2.33. The second-order valence-corrected chi connectivity index (χ2v) is 6.95. The van der Waals surface area contributed by atoms with E-state index < -0.39 is 11.6 Å². The molecule has 1 N–H and O–H groups in total. The summed E-state index contributed by atoms with van der Waals surface area (Å²) in [5.41, 5.74) is 0.868. The van der Waals surface area contributed by atoms with Crippen LogP contribution in [0.15, 0.2) is 18.3 Å². The molecule has 25 heavy (non-hydrogen) atoms. The summed E-state index contributed by atoms with van der Waals surface area (Å²) in [6, 6.07) is 2.54. The molecule has 0 saturated carbocycles. The van der Waals surface area contributed by atoms with Gasteiger partial charge in [0.05, 0.1) is 25.5 Å². The van der Waals surface area contributed by atoms with Crippen molar-refractivity contribution in [2.24, 2.45) is 0 Å². The van der Waals surface area contributed by atoms with Crippen LogP contribution in [0.25, 0.3) is 5.69 Å². The van der Waals surface area contributed by atoms with Gasteiger partial charge in [-0.2, -0.15) is 11.8 Å². The van der Waals surface area contributed by atoms with Gasteiger partial charge < -0.3 is 15.0 Å². The molecule has 1 fully saturated rings. The number of methoxy groups -OCH3 is 1. The molecule has 0 unspecified atom stereocenters. The van der Waals surface area contributed by atoms with Crippen molar-refractivity contribution in [3.05, 3.63) is 35.7 Å². The van der Waals surface area contributed by atoms with E-state index in [0.29, 0.717) is 25.3 Å². The fourth-order valence-electron chi connectivity index (χ4n) is 2.51. The Bertz CT molecular complexity index is 741. The molecule has 1 aromatic heterocycles. The number of benzene rings is 1. The van der Waals surface area contributed by atoms with Crippen LogP contribution >= 0.6 is 24.0 Å². The van der Waals surface area contributed by atoms with Crippen LogP contribution in [0.2, 0.25) is 0 Å². The molecule has 0 spiro atoms. The summed E-state index contributed by atoms with van der Waals surface area (Å²) < 4.78 is 35.1. The zero-order valence-corrected chi connectivity index (χ0v) is 15.2. The average molecular weight is 385 g/mol. The molecule has 0 amide bonds. The number of halogens is 2. The summed E-state index contributed by atoms with van der Waals surface area (Å²) in [6.45, 7) is 1.58. The number of nitrogens with zero attached hydrogens (tertiary/aromatic N) is 4. The van der Waals surface area contributed by atoms with E-state index in [4.69, 9.17) is 17.0 Å². The first-order chi connectivity index (χ1) is 12.1. The van der Waals surface area contributed by atoms with Crippen LogP contribution < -0.4 is 10.2 Å². The lowest BCUT2D eigenvalue weighted by Gasteiger charge is -2.29. The highest BCUT2D eigenvalue weighted by Crippen LogP contribution is 2.28. The zero-order chi connectivity index (χ0) is 17.8. The first-order valence-corrected chi connectivity index (χ1v) is 9.20. The topological polar surface area (TPSA) is 55.2 Å². The molecular weight excluding hydrogens is 368 g/mol. The van der Waals surface area contributed by atoms with E-state index in [1.807, 2.05) is 0 Å². The molecule has 6 nitrogen and oxygen atoms in total. The normalized spacial score (nSPS) is 14.4. The summed E-state index contributed by atoms with van der Waals surface area (Å²) in [6.07, 6.45) is 1.58. The number of hydrogen-bond acceptors (Lipinski definition) is 6. The van der Waals surface area contributed by atoms with Crippen LogP contribution in [-0.2, 0) is 11.3 Å². The predicted octanol–water partition coefficient (Wildman–Crippen LogP) is 2.12. The van der Waals surface area contributed by atoms with Gasteiger partial charge in [-0.3, -0.25) is 0 Å². The minimum Gasteiger partial charge on any atom is -0.474 e.